The molecule has 0 aromatic heterocycles. The molecule has 120 valence electrons. The van der Waals surface area contributed by atoms with Gasteiger partial charge in [-0.25, -0.2) is 0 Å². The van der Waals surface area contributed by atoms with Crippen molar-refractivity contribution in [3.63, 3.8) is 0 Å². The third-order valence-electron chi connectivity index (χ3n) is 3.49. The molecule has 0 radical (unpaired) electrons. The summed E-state index contributed by atoms with van der Waals surface area (Å²) in [4.78, 5) is 0. The first-order chi connectivity index (χ1) is 10.2. The Labute approximate surface area is 134 Å². The topological polar surface area (TPSA) is 18.5 Å². The van der Waals surface area contributed by atoms with Crippen molar-refractivity contribution in [2.45, 2.75) is 64.7 Å². The van der Waals surface area contributed by atoms with Crippen LogP contribution in [0.25, 0.3) is 0 Å². The molecule has 3 heteroatoms. The quantitative estimate of drug-likeness (QED) is 0.362. The van der Waals surface area contributed by atoms with Gasteiger partial charge >= 0.3 is 0 Å². The van der Waals surface area contributed by atoms with Gasteiger partial charge in [0.25, 0.3) is 0 Å². The minimum Gasteiger partial charge on any atom is -0.490 e. The van der Waals surface area contributed by atoms with Crippen LogP contribution < -0.4 is 9.47 Å². The first-order valence-corrected chi connectivity index (χ1v) is 8.70. The summed E-state index contributed by atoms with van der Waals surface area (Å²) in [5, 5.41) is 0.0570. The van der Waals surface area contributed by atoms with E-state index in [1.54, 1.807) is 0 Å². The number of hydrogen-bond acceptors (Lipinski definition) is 2. The normalized spacial score (nSPS) is 12.2. The standard InChI is InChI=1S/C18H29ClO2/c1-4-7-8-9-10-11-16(19)15-12-13-17(20-5-2)18(14-15)21-6-3/h12-14,16H,4-11H2,1-3H3. The number of ether oxygens (including phenoxy) is 2. The molecular formula is C18H29ClO2. The second-order valence-electron chi connectivity index (χ2n) is 5.24. The zero-order valence-electron chi connectivity index (χ0n) is 13.7. The molecule has 0 saturated heterocycles. The van der Waals surface area contributed by atoms with Crippen molar-refractivity contribution in [3.05, 3.63) is 23.8 Å². The second-order valence-corrected chi connectivity index (χ2v) is 5.77. The fraction of sp³-hybridized carbons (Fsp3) is 0.667. The number of alkyl halides is 1. The molecular weight excluding hydrogens is 284 g/mol. The van der Waals surface area contributed by atoms with Crippen LogP contribution in [-0.2, 0) is 0 Å². The van der Waals surface area contributed by atoms with E-state index in [2.05, 4.69) is 13.0 Å². The Kier molecular flexibility index (Phi) is 9.32. The average Bonchev–Trinajstić information content (AvgIpc) is 2.49. The molecule has 0 N–H and O–H groups in total. The molecule has 0 amide bonds. The van der Waals surface area contributed by atoms with E-state index in [1.807, 2.05) is 26.0 Å². The molecule has 0 spiro atoms. The fourth-order valence-corrected chi connectivity index (χ4v) is 2.65. The highest BCUT2D eigenvalue weighted by atomic mass is 35.5. The van der Waals surface area contributed by atoms with Gasteiger partial charge in [0.2, 0.25) is 0 Å². The summed E-state index contributed by atoms with van der Waals surface area (Å²) in [6, 6.07) is 6.05. The molecule has 0 aliphatic heterocycles. The highest BCUT2D eigenvalue weighted by Crippen LogP contribution is 2.34. The number of rotatable bonds is 11. The molecule has 0 aliphatic rings. The highest BCUT2D eigenvalue weighted by molar-refractivity contribution is 6.20. The van der Waals surface area contributed by atoms with Crippen LogP contribution in [0.5, 0.6) is 11.5 Å². The Hall–Kier alpha value is -0.890. The zero-order valence-corrected chi connectivity index (χ0v) is 14.4. The molecule has 1 aromatic carbocycles. The maximum atomic E-state index is 6.52. The molecule has 0 fully saturated rings. The third-order valence-corrected chi connectivity index (χ3v) is 3.96. The van der Waals surface area contributed by atoms with Gasteiger partial charge in [0.15, 0.2) is 11.5 Å². The summed E-state index contributed by atoms with van der Waals surface area (Å²) >= 11 is 6.52. The van der Waals surface area contributed by atoms with E-state index >= 15 is 0 Å². The van der Waals surface area contributed by atoms with Gasteiger partial charge in [0.1, 0.15) is 0 Å². The first kappa shape index (κ1) is 18.2. The molecule has 0 heterocycles. The highest BCUT2D eigenvalue weighted by Gasteiger charge is 2.12. The molecule has 0 aliphatic carbocycles. The number of hydrogen-bond donors (Lipinski definition) is 0. The van der Waals surface area contributed by atoms with E-state index in [0.29, 0.717) is 13.2 Å². The number of unbranched alkanes of at least 4 members (excludes halogenated alkanes) is 4. The van der Waals surface area contributed by atoms with Crippen LogP contribution in [0.2, 0.25) is 0 Å². The lowest BCUT2D eigenvalue weighted by Gasteiger charge is -2.15. The van der Waals surface area contributed by atoms with E-state index in [0.717, 1.165) is 23.5 Å². The Bertz CT molecular complexity index is 393. The lowest BCUT2D eigenvalue weighted by Crippen LogP contribution is -2.00. The van der Waals surface area contributed by atoms with Crippen molar-refractivity contribution in [1.29, 1.82) is 0 Å². The summed E-state index contributed by atoms with van der Waals surface area (Å²) in [6.45, 7) is 7.47. The fourth-order valence-electron chi connectivity index (χ4n) is 2.36. The minimum absolute atomic E-state index is 0.0570. The van der Waals surface area contributed by atoms with Crippen LogP contribution in [-0.4, -0.2) is 13.2 Å². The molecule has 1 aromatic rings. The van der Waals surface area contributed by atoms with E-state index in [1.165, 1.54) is 32.1 Å². The third kappa shape index (κ3) is 6.60. The maximum Gasteiger partial charge on any atom is 0.161 e. The van der Waals surface area contributed by atoms with Crippen molar-refractivity contribution < 1.29 is 9.47 Å². The van der Waals surface area contributed by atoms with Gasteiger partial charge < -0.3 is 9.47 Å². The lowest BCUT2D eigenvalue weighted by molar-refractivity contribution is 0.287. The average molecular weight is 313 g/mol. The smallest absolute Gasteiger partial charge is 0.161 e. The van der Waals surface area contributed by atoms with E-state index < -0.39 is 0 Å². The molecule has 21 heavy (non-hydrogen) atoms. The van der Waals surface area contributed by atoms with Gasteiger partial charge in [-0.05, 0) is 38.0 Å². The molecule has 2 nitrogen and oxygen atoms in total. The number of benzene rings is 1. The molecule has 1 unspecified atom stereocenters. The SMILES string of the molecule is CCCCCCCC(Cl)c1ccc(OCC)c(OCC)c1. The minimum atomic E-state index is 0.0570. The van der Waals surface area contributed by atoms with Crippen LogP contribution >= 0.6 is 11.6 Å². The largest absolute Gasteiger partial charge is 0.490 e. The van der Waals surface area contributed by atoms with E-state index in [9.17, 15) is 0 Å². The van der Waals surface area contributed by atoms with Gasteiger partial charge in [-0.2, -0.15) is 0 Å². The second kappa shape index (κ2) is 10.8. The van der Waals surface area contributed by atoms with Crippen LogP contribution in [0.4, 0.5) is 0 Å². The summed E-state index contributed by atoms with van der Waals surface area (Å²) in [5.41, 5.74) is 1.12. The summed E-state index contributed by atoms with van der Waals surface area (Å²) < 4.78 is 11.2. The first-order valence-electron chi connectivity index (χ1n) is 8.26. The van der Waals surface area contributed by atoms with Crippen LogP contribution in [0.15, 0.2) is 18.2 Å². The van der Waals surface area contributed by atoms with E-state index in [4.69, 9.17) is 21.1 Å². The maximum absolute atomic E-state index is 6.52. The Balaban J connectivity index is 2.58. The number of halogens is 1. The van der Waals surface area contributed by atoms with Crippen molar-refractivity contribution in [2.75, 3.05) is 13.2 Å². The Morgan fingerprint density at radius 1 is 0.905 bits per heavy atom. The Morgan fingerprint density at radius 3 is 2.24 bits per heavy atom. The molecule has 0 bridgehead atoms. The van der Waals surface area contributed by atoms with Gasteiger partial charge in [0.05, 0.1) is 18.6 Å². The van der Waals surface area contributed by atoms with Gasteiger partial charge in [-0.15, -0.1) is 11.6 Å². The Morgan fingerprint density at radius 2 is 1.57 bits per heavy atom. The van der Waals surface area contributed by atoms with Gasteiger partial charge in [-0.1, -0.05) is 45.1 Å². The van der Waals surface area contributed by atoms with Gasteiger partial charge in [0, 0.05) is 0 Å². The molecule has 0 saturated carbocycles. The van der Waals surface area contributed by atoms with Crippen LogP contribution in [0, 0.1) is 0 Å². The monoisotopic (exact) mass is 312 g/mol. The van der Waals surface area contributed by atoms with Crippen LogP contribution in [0.3, 0.4) is 0 Å². The zero-order chi connectivity index (χ0) is 15.5. The van der Waals surface area contributed by atoms with Crippen molar-refractivity contribution in [2.24, 2.45) is 0 Å². The van der Waals surface area contributed by atoms with Crippen molar-refractivity contribution in [3.8, 4) is 11.5 Å². The van der Waals surface area contributed by atoms with E-state index in [-0.39, 0.29) is 5.38 Å². The summed E-state index contributed by atoms with van der Waals surface area (Å²) in [6.07, 6.45) is 7.39. The van der Waals surface area contributed by atoms with Crippen molar-refractivity contribution in [1.82, 2.24) is 0 Å². The van der Waals surface area contributed by atoms with Gasteiger partial charge in [-0.3, -0.25) is 0 Å². The summed E-state index contributed by atoms with van der Waals surface area (Å²) in [7, 11) is 0. The lowest BCUT2D eigenvalue weighted by atomic mass is 10.0. The predicted octanol–water partition coefficient (Wildman–Crippen LogP) is 6.12. The molecule has 1 rings (SSSR count). The van der Waals surface area contributed by atoms with Crippen LogP contribution in [0.1, 0.15) is 70.2 Å². The summed E-state index contributed by atoms with van der Waals surface area (Å²) in [5.74, 6) is 1.60. The predicted molar refractivity (Wildman–Crippen MR) is 90.8 cm³/mol. The molecule has 1 atom stereocenters. The van der Waals surface area contributed by atoms with Crippen molar-refractivity contribution >= 4 is 11.6 Å².